The number of pyridine rings is 2. The van der Waals surface area contributed by atoms with Crippen LogP contribution in [0.2, 0.25) is 0 Å². The molecule has 1 aliphatic carbocycles. The van der Waals surface area contributed by atoms with Gasteiger partial charge in [-0.25, -0.2) is 0 Å². The number of fused-ring (bicyclic) bond motifs is 15. The van der Waals surface area contributed by atoms with Crippen molar-refractivity contribution in [2.75, 3.05) is 0 Å². The van der Waals surface area contributed by atoms with Gasteiger partial charge >= 0.3 is 0 Å². The third-order valence-corrected chi connectivity index (χ3v) is 12.2. The molecule has 274 valence electrons. The van der Waals surface area contributed by atoms with Gasteiger partial charge in [0.2, 0.25) is 0 Å². The highest BCUT2D eigenvalue weighted by Crippen LogP contribution is 2.62. The van der Waals surface area contributed by atoms with Crippen LogP contribution < -0.4 is 4.74 Å². The fraction of sp³-hybridized carbons (Fsp3) is 0.0196. The summed E-state index contributed by atoms with van der Waals surface area (Å²) in [5.74, 6) is 1.38. The first-order valence-electron chi connectivity index (χ1n) is 19.2. The number of benzene rings is 6. The minimum atomic E-state index is -0.927. The van der Waals surface area contributed by atoms with Gasteiger partial charge in [0, 0.05) is 56.4 Å². The van der Waals surface area contributed by atoms with E-state index < -0.39 is 5.41 Å². The Labute approximate surface area is 341 Å². The molecule has 60 heavy (non-hydrogen) atoms. The van der Waals surface area contributed by atoms with Crippen molar-refractivity contribution in [1.29, 1.82) is 21.0 Å². The van der Waals surface area contributed by atoms with Crippen LogP contribution in [0.1, 0.15) is 44.5 Å². The zero-order valence-corrected chi connectivity index (χ0v) is 31.3. The fourth-order valence-corrected chi connectivity index (χ4v) is 9.74. The number of aromatic nitrogens is 4. The Balaban J connectivity index is 1.17. The molecule has 1 aliphatic heterocycles. The second-order valence-corrected chi connectivity index (χ2v) is 15.1. The Morgan fingerprint density at radius 2 is 0.783 bits per heavy atom. The van der Waals surface area contributed by atoms with Crippen LogP contribution in [0.3, 0.4) is 0 Å². The van der Waals surface area contributed by atoms with E-state index in [0.29, 0.717) is 33.8 Å². The zero-order chi connectivity index (χ0) is 40.3. The molecule has 0 N–H and O–H groups in total. The summed E-state index contributed by atoms with van der Waals surface area (Å²) in [4.78, 5) is 9.90. The molecule has 0 radical (unpaired) electrons. The quantitative estimate of drug-likeness (QED) is 0.171. The standard InChI is InChI=1S/C51H24N8O/c52-25-29-5-11-43-35(19-29)36-20-30(26-53)6-12-44(36)58(43)33-9-15-47-41(23-33)51(39-3-1-17-56-49(39)50-40(51)4-2-18-57-50)42-24-34(10-16-48(42)60-47)59-45-13-7-31(27-54)21-37(45)38-22-32(28-55)8-14-46(38)59/h1-24H. The van der Waals surface area contributed by atoms with Crippen molar-refractivity contribution < 1.29 is 4.74 Å². The van der Waals surface area contributed by atoms with Gasteiger partial charge in [-0.1, -0.05) is 12.1 Å². The molecule has 4 aromatic heterocycles. The van der Waals surface area contributed by atoms with Gasteiger partial charge in [-0.3, -0.25) is 9.97 Å². The molecule has 10 aromatic rings. The zero-order valence-electron chi connectivity index (χ0n) is 31.3. The molecule has 0 unspecified atom stereocenters. The van der Waals surface area contributed by atoms with Crippen molar-refractivity contribution in [3.63, 3.8) is 0 Å². The molecule has 0 atom stereocenters. The van der Waals surface area contributed by atoms with Crippen molar-refractivity contribution in [3.05, 3.63) is 190 Å². The minimum Gasteiger partial charge on any atom is -0.457 e. The molecule has 2 aliphatic rings. The molecule has 0 fully saturated rings. The number of hydrogen-bond acceptors (Lipinski definition) is 7. The summed E-state index contributed by atoms with van der Waals surface area (Å²) in [7, 11) is 0. The second-order valence-electron chi connectivity index (χ2n) is 15.1. The molecule has 0 amide bonds. The molecule has 6 aromatic carbocycles. The summed E-state index contributed by atoms with van der Waals surface area (Å²) in [5.41, 5.74) is 11.9. The third kappa shape index (κ3) is 4.24. The Morgan fingerprint density at radius 3 is 1.13 bits per heavy atom. The lowest BCUT2D eigenvalue weighted by molar-refractivity contribution is 0.436. The molecule has 0 saturated heterocycles. The predicted molar refractivity (Wildman–Crippen MR) is 227 cm³/mol. The smallest absolute Gasteiger partial charge is 0.132 e. The average molecular weight is 765 g/mol. The summed E-state index contributed by atoms with van der Waals surface area (Å²) in [6.45, 7) is 0. The number of rotatable bonds is 2. The summed E-state index contributed by atoms with van der Waals surface area (Å²) in [6, 6.07) is 52.5. The van der Waals surface area contributed by atoms with Crippen molar-refractivity contribution in [2.45, 2.75) is 5.41 Å². The van der Waals surface area contributed by atoms with E-state index in [0.717, 1.165) is 88.6 Å². The molecular formula is C51H24N8O. The van der Waals surface area contributed by atoms with Crippen LogP contribution in [-0.4, -0.2) is 19.1 Å². The second kappa shape index (κ2) is 12.0. The van der Waals surface area contributed by atoms with Crippen molar-refractivity contribution in [3.8, 4) is 58.5 Å². The highest BCUT2D eigenvalue weighted by molar-refractivity contribution is 6.11. The first-order valence-corrected chi connectivity index (χ1v) is 19.2. The Morgan fingerprint density at radius 1 is 0.417 bits per heavy atom. The SMILES string of the molecule is N#Cc1ccc2c(c1)c1cc(C#N)ccc1n2-c1ccc2c(c1)C1(c3cc(-n4c5ccc(C#N)cc5c5cc(C#N)ccc54)ccc3O2)c2cccnc2-c2ncccc21. The topological polar surface area (TPSA) is 140 Å². The van der Waals surface area contributed by atoms with Gasteiger partial charge in [-0.15, -0.1) is 0 Å². The van der Waals surface area contributed by atoms with Crippen LogP contribution in [0.5, 0.6) is 11.5 Å². The van der Waals surface area contributed by atoms with Crippen LogP contribution in [-0.2, 0) is 5.41 Å². The van der Waals surface area contributed by atoms with E-state index in [1.165, 1.54) is 0 Å². The van der Waals surface area contributed by atoms with Gasteiger partial charge in [-0.2, -0.15) is 21.0 Å². The van der Waals surface area contributed by atoms with Gasteiger partial charge in [-0.05, 0) is 132 Å². The van der Waals surface area contributed by atoms with Gasteiger partial charge in [0.1, 0.15) is 11.5 Å². The van der Waals surface area contributed by atoms with E-state index in [9.17, 15) is 21.0 Å². The number of hydrogen-bond donors (Lipinski definition) is 0. The lowest BCUT2D eigenvalue weighted by atomic mass is 9.66. The third-order valence-electron chi connectivity index (χ3n) is 12.2. The monoisotopic (exact) mass is 764 g/mol. The maximum Gasteiger partial charge on any atom is 0.132 e. The van der Waals surface area contributed by atoms with Gasteiger partial charge in [0.25, 0.3) is 0 Å². The molecule has 5 heterocycles. The van der Waals surface area contributed by atoms with E-state index in [1.54, 1.807) is 12.4 Å². The summed E-state index contributed by atoms with van der Waals surface area (Å²) < 4.78 is 11.3. The molecule has 0 saturated carbocycles. The first-order chi connectivity index (χ1) is 29.5. The Bertz CT molecular complexity index is 3380. The number of nitrogens with zero attached hydrogens (tertiary/aromatic N) is 8. The van der Waals surface area contributed by atoms with Crippen LogP contribution >= 0.6 is 0 Å². The average Bonchev–Trinajstić information content (AvgIpc) is 3.92. The van der Waals surface area contributed by atoms with Gasteiger partial charge < -0.3 is 13.9 Å². The Hall–Kier alpha value is -9.02. The van der Waals surface area contributed by atoms with Gasteiger partial charge in [0.15, 0.2) is 0 Å². The lowest BCUT2D eigenvalue weighted by Gasteiger charge is -2.39. The van der Waals surface area contributed by atoms with Crippen molar-refractivity contribution >= 4 is 43.6 Å². The molecule has 12 rings (SSSR count). The predicted octanol–water partition coefficient (Wildman–Crippen LogP) is 10.6. The van der Waals surface area contributed by atoms with Crippen LogP contribution in [0.25, 0.3) is 66.4 Å². The number of nitriles is 4. The Kier molecular flexibility index (Phi) is 6.63. The molecule has 9 nitrogen and oxygen atoms in total. The molecule has 0 bridgehead atoms. The van der Waals surface area contributed by atoms with Crippen molar-refractivity contribution in [2.24, 2.45) is 0 Å². The number of ether oxygens (including phenoxy) is 1. The maximum absolute atomic E-state index is 9.85. The fourth-order valence-electron chi connectivity index (χ4n) is 9.74. The van der Waals surface area contributed by atoms with E-state index >= 15 is 0 Å². The summed E-state index contributed by atoms with van der Waals surface area (Å²) in [6.07, 6.45) is 3.60. The summed E-state index contributed by atoms with van der Waals surface area (Å²) >= 11 is 0. The minimum absolute atomic E-state index is 0.535. The largest absolute Gasteiger partial charge is 0.457 e. The highest BCUT2D eigenvalue weighted by Gasteiger charge is 2.52. The van der Waals surface area contributed by atoms with Gasteiger partial charge in [0.05, 0.1) is 85.4 Å². The van der Waals surface area contributed by atoms with Crippen LogP contribution in [0, 0.1) is 45.3 Å². The van der Waals surface area contributed by atoms with Crippen molar-refractivity contribution in [1.82, 2.24) is 19.1 Å². The van der Waals surface area contributed by atoms with E-state index in [4.69, 9.17) is 14.7 Å². The van der Waals surface area contributed by atoms with Crippen LogP contribution in [0.15, 0.2) is 146 Å². The summed E-state index contributed by atoms with van der Waals surface area (Å²) in [5, 5.41) is 42.9. The molecular weight excluding hydrogens is 741 g/mol. The normalized spacial score (nSPS) is 12.9. The molecule has 9 heteroatoms. The van der Waals surface area contributed by atoms with E-state index in [2.05, 4.69) is 57.7 Å². The lowest BCUT2D eigenvalue weighted by Crippen LogP contribution is -2.32. The van der Waals surface area contributed by atoms with E-state index in [-0.39, 0.29) is 0 Å². The highest BCUT2D eigenvalue weighted by atomic mass is 16.5. The molecule has 1 spiro atoms. The first kappa shape index (κ1) is 33.2. The van der Waals surface area contributed by atoms with Crippen LogP contribution in [0.4, 0.5) is 0 Å². The van der Waals surface area contributed by atoms with E-state index in [1.807, 2.05) is 109 Å². The maximum atomic E-state index is 9.85.